The summed E-state index contributed by atoms with van der Waals surface area (Å²) in [5.41, 5.74) is 3.94. The Hall–Kier alpha value is -3.28. The lowest BCUT2D eigenvalue weighted by Gasteiger charge is -2.47. The average molecular weight is 464 g/mol. The molecule has 0 spiro atoms. The zero-order valence-electron chi connectivity index (χ0n) is 20.2. The van der Waals surface area contributed by atoms with Gasteiger partial charge in [-0.1, -0.05) is 12.6 Å². The first-order valence-corrected chi connectivity index (χ1v) is 11.4. The number of piperazine rings is 1. The lowest BCUT2D eigenvalue weighted by atomic mass is 9.96. The van der Waals surface area contributed by atoms with Crippen molar-refractivity contribution in [1.82, 2.24) is 14.5 Å². The van der Waals surface area contributed by atoms with Crippen LogP contribution in [0.3, 0.4) is 0 Å². The van der Waals surface area contributed by atoms with Gasteiger partial charge < -0.3 is 19.0 Å². The molecule has 1 aliphatic rings. The second-order valence-electron chi connectivity index (χ2n) is 9.08. The first-order chi connectivity index (χ1) is 16.2. The number of fused-ring (bicyclic) bond motifs is 1. The van der Waals surface area contributed by atoms with Gasteiger partial charge in [0.25, 0.3) is 11.4 Å². The second-order valence-corrected chi connectivity index (χ2v) is 9.08. The van der Waals surface area contributed by atoms with Crippen LogP contribution < -0.4 is 10.5 Å². The number of aryl methyl sites for hydroxylation is 1. The number of pyridine rings is 2. The smallest absolute Gasteiger partial charge is 0.270 e. The van der Waals surface area contributed by atoms with E-state index in [0.29, 0.717) is 30.0 Å². The Morgan fingerprint density at radius 1 is 1.21 bits per heavy atom. The normalized spacial score (nSPS) is 19.9. The number of benzene rings is 1. The molecule has 0 amide bonds. The lowest BCUT2D eigenvalue weighted by Crippen LogP contribution is -2.57. The first kappa shape index (κ1) is 23.9. The zero-order valence-corrected chi connectivity index (χ0v) is 20.2. The molecule has 3 atom stereocenters. The van der Waals surface area contributed by atoms with Crippen molar-refractivity contribution in [2.24, 2.45) is 7.05 Å². The van der Waals surface area contributed by atoms with Gasteiger partial charge in [-0.3, -0.25) is 9.69 Å². The van der Waals surface area contributed by atoms with Gasteiger partial charge in [0, 0.05) is 51.4 Å². The van der Waals surface area contributed by atoms with Gasteiger partial charge >= 0.3 is 0 Å². The molecular weight excluding hydrogens is 433 g/mol. The van der Waals surface area contributed by atoms with E-state index in [2.05, 4.69) is 40.4 Å². The number of ether oxygens (including phenoxy) is 1. The summed E-state index contributed by atoms with van der Waals surface area (Å²) in [5, 5.41) is 0. The highest BCUT2D eigenvalue weighted by Crippen LogP contribution is 2.34. The van der Waals surface area contributed by atoms with Crippen molar-refractivity contribution < 1.29 is 9.13 Å². The standard InChI is InChI=1S/C26H30FN5O2/c1-16-14-32(23-12-25(33)30(5)22-9-10-24(28-4)29-26(22)23)17(2)13-31(16)18(3)21-8-7-20(27)11-19(21)15-34-6/h7-12,16-18H,13-15H2,1-3,5-6H3/t16-,17+,18?/m1/s1. The van der Waals surface area contributed by atoms with Crippen LogP contribution in [-0.2, 0) is 18.4 Å². The van der Waals surface area contributed by atoms with Crippen molar-refractivity contribution in [2.75, 3.05) is 25.1 Å². The van der Waals surface area contributed by atoms with Gasteiger partial charge in [0.05, 0.1) is 17.8 Å². The second kappa shape index (κ2) is 9.53. The van der Waals surface area contributed by atoms with Gasteiger partial charge in [-0.25, -0.2) is 4.39 Å². The molecular formula is C26H30FN5O2. The molecule has 178 valence electrons. The summed E-state index contributed by atoms with van der Waals surface area (Å²) in [7, 11) is 3.34. The SMILES string of the molecule is [C-]#[N+]c1ccc2c(n1)c(N1C[C@@H](C)N(C(C)c3ccc(F)cc3COC)C[C@@H]1C)cc(=O)n2C. The van der Waals surface area contributed by atoms with Crippen molar-refractivity contribution in [1.29, 1.82) is 0 Å². The van der Waals surface area contributed by atoms with E-state index in [9.17, 15) is 9.18 Å². The lowest BCUT2D eigenvalue weighted by molar-refractivity contribution is 0.116. The Bertz CT molecular complexity index is 1320. The van der Waals surface area contributed by atoms with E-state index in [4.69, 9.17) is 11.3 Å². The van der Waals surface area contributed by atoms with Gasteiger partial charge in [0.2, 0.25) is 5.52 Å². The molecule has 2 aromatic heterocycles. The number of methoxy groups -OCH3 is 1. The monoisotopic (exact) mass is 463 g/mol. The topological polar surface area (TPSA) is 55.0 Å². The molecule has 7 nitrogen and oxygen atoms in total. The van der Waals surface area contributed by atoms with E-state index >= 15 is 0 Å². The Kier molecular flexibility index (Phi) is 6.69. The number of aromatic nitrogens is 2. The third-order valence-corrected chi connectivity index (χ3v) is 6.86. The quantitative estimate of drug-likeness (QED) is 0.524. The third kappa shape index (κ3) is 4.29. The number of nitrogens with zero attached hydrogens (tertiary/aromatic N) is 5. The molecule has 4 rings (SSSR count). The predicted octanol–water partition coefficient (Wildman–Crippen LogP) is 4.43. The predicted molar refractivity (Wildman–Crippen MR) is 132 cm³/mol. The van der Waals surface area contributed by atoms with Gasteiger partial charge in [-0.2, -0.15) is 0 Å². The molecule has 0 bridgehead atoms. The van der Waals surface area contributed by atoms with Crippen molar-refractivity contribution in [3.63, 3.8) is 0 Å². The fourth-order valence-electron chi connectivity index (χ4n) is 5.05. The van der Waals surface area contributed by atoms with Crippen LogP contribution in [0.1, 0.15) is 37.9 Å². The zero-order chi connectivity index (χ0) is 24.6. The Morgan fingerprint density at radius 2 is 1.97 bits per heavy atom. The van der Waals surface area contributed by atoms with Crippen LogP contribution in [0.15, 0.2) is 41.2 Å². The molecule has 1 saturated heterocycles. The summed E-state index contributed by atoms with van der Waals surface area (Å²) in [5.74, 6) is 0.0420. The molecule has 0 radical (unpaired) electrons. The molecule has 1 aromatic carbocycles. The molecule has 0 aliphatic carbocycles. The fraction of sp³-hybridized carbons (Fsp3) is 0.423. The number of halogens is 1. The first-order valence-electron chi connectivity index (χ1n) is 11.4. The summed E-state index contributed by atoms with van der Waals surface area (Å²) in [6.45, 7) is 15.6. The van der Waals surface area contributed by atoms with E-state index in [1.807, 2.05) is 6.07 Å². The Morgan fingerprint density at radius 3 is 2.68 bits per heavy atom. The van der Waals surface area contributed by atoms with E-state index < -0.39 is 0 Å². The van der Waals surface area contributed by atoms with Gasteiger partial charge in [-0.05, 0) is 56.2 Å². The minimum atomic E-state index is -0.266. The summed E-state index contributed by atoms with van der Waals surface area (Å²) in [6.07, 6.45) is 0. The molecule has 8 heteroatoms. The average Bonchev–Trinajstić information content (AvgIpc) is 2.82. The molecule has 3 aromatic rings. The number of hydrogen-bond donors (Lipinski definition) is 0. The van der Waals surface area contributed by atoms with E-state index in [1.165, 1.54) is 6.07 Å². The summed E-state index contributed by atoms with van der Waals surface area (Å²) in [6, 6.07) is 10.3. The highest BCUT2D eigenvalue weighted by molar-refractivity contribution is 5.89. The maximum atomic E-state index is 13.9. The summed E-state index contributed by atoms with van der Waals surface area (Å²) < 4.78 is 20.7. The van der Waals surface area contributed by atoms with E-state index in [0.717, 1.165) is 23.4 Å². The molecule has 1 aliphatic heterocycles. The van der Waals surface area contributed by atoms with E-state index in [-0.39, 0.29) is 29.5 Å². The highest BCUT2D eigenvalue weighted by atomic mass is 19.1. The van der Waals surface area contributed by atoms with Crippen molar-refractivity contribution in [2.45, 2.75) is 45.5 Å². The molecule has 1 fully saturated rings. The van der Waals surface area contributed by atoms with Crippen LogP contribution in [-0.4, -0.2) is 46.7 Å². The maximum absolute atomic E-state index is 13.9. The van der Waals surface area contributed by atoms with Crippen molar-refractivity contribution in [3.05, 3.63) is 75.1 Å². The van der Waals surface area contributed by atoms with Gasteiger partial charge in [0.15, 0.2) is 0 Å². The minimum Gasteiger partial charge on any atom is -0.380 e. The van der Waals surface area contributed by atoms with Gasteiger partial charge in [-0.15, -0.1) is 4.98 Å². The minimum absolute atomic E-state index is 0.0672. The van der Waals surface area contributed by atoms with Gasteiger partial charge in [0.1, 0.15) is 5.82 Å². The van der Waals surface area contributed by atoms with Crippen molar-refractivity contribution in [3.8, 4) is 0 Å². The fourth-order valence-corrected chi connectivity index (χ4v) is 5.05. The third-order valence-electron chi connectivity index (χ3n) is 6.86. The van der Waals surface area contributed by atoms with Crippen LogP contribution in [0, 0.1) is 12.4 Å². The number of rotatable bonds is 5. The maximum Gasteiger partial charge on any atom is 0.270 e. The largest absolute Gasteiger partial charge is 0.380 e. The van der Waals surface area contributed by atoms with Crippen LogP contribution >= 0.6 is 0 Å². The van der Waals surface area contributed by atoms with Crippen LogP contribution in [0.25, 0.3) is 15.9 Å². The van der Waals surface area contributed by atoms with Crippen molar-refractivity contribution >= 4 is 22.5 Å². The molecule has 0 saturated carbocycles. The molecule has 0 N–H and O–H groups in total. The van der Waals surface area contributed by atoms with E-state index in [1.54, 1.807) is 43.0 Å². The highest BCUT2D eigenvalue weighted by Gasteiger charge is 2.34. The Balaban J connectivity index is 1.68. The molecule has 3 heterocycles. The van der Waals surface area contributed by atoms with Crippen LogP contribution in [0.4, 0.5) is 15.9 Å². The number of hydrogen-bond acceptors (Lipinski definition) is 5. The van der Waals surface area contributed by atoms with Crippen LogP contribution in [0.5, 0.6) is 0 Å². The number of anilines is 1. The Labute approximate surface area is 199 Å². The van der Waals surface area contributed by atoms with Crippen LogP contribution in [0.2, 0.25) is 0 Å². The summed E-state index contributed by atoms with van der Waals surface area (Å²) in [4.78, 5) is 25.4. The molecule has 1 unspecified atom stereocenters. The summed E-state index contributed by atoms with van der Waals surface area (Å²) >= 11 is 0. The molecule has 34 heavy (non-hydrogen) atoms.